The summed E-state index contributed by atoms with van der Waals surface area (Å²) in [5.41, 5.74) is 14.8. The van der Waals surface area contributed by atoms with Crippen molar-refractivity contribution in [2.75, 3.05) is 11.5 Å². The molecule has 4 N–H and O–H groups in total. The average molecular weight is 358 g/mol. The summed E-state index contributed by atoms with van der Waals surface area (Å²) in [7, 11) is 0. The number of nitrogens with two attached hydrogens (primary N) is 2. The van der Waals surface area contributed by atoms with Gasteiger partial charge >= 0.3 is 0 Å². The second-order valence-corrected chi connectivity index (χ2v) is 6.61. The minimum Gasteiger partial charge on any atom is -0.399 e. The summed E-state index contributed by atoms with van der Waals surface area (Å²) in [6.45, 7) is 0. The standard InChI is InChI=1S/C23H22N2O2/c24-20-10-6-17(7-11-20)22(26)14-19(16-4-2-1-3-5-16)15-23(27)18-8-12-21(25)13-9-18/h1-13,19H,14-15,24-25H2. The molecule has 0 aliphatic carbocycles. The molecule has 0 unspecified atom stereocenters. The molecule has 0 heterocycles. The Labute approximate surface area is 158 Å². The quantitative estimate of drug-likeness (QED) is 0.481. The normalized spacial score (nSPS) is 10.7. The molecule has 136 valence electrons. The fourth-order valence-corrected chi connectivity index (χ4v) is 3.05. The number of hydrogen-bond donors (Lipinski definition) is 2. The monoisotopic (exact) mass is 358 g/mol. The van der Waals surface area contributed by atoms with Crippen LogP contribution in [-0.2, 0) is 0 Å². The minimum atomic E-state index is -0.193. The van der Waals surface area contributed by atoms with E-state index in [1.807, 2.05) is 30.3 Å². The molecule has 0 saturated heterocycles. The molecule has 0 aliphatic rings. The van der Waals surface area contributed by atoms with Crippen LogP contribution in [-0.4, -0.2) is 11.6 Å². The van der Waals surface area contributed by atoms with Gasteiger partial charge in [-0.3, -0.25) is 9.59 Å². The number of ketones is 2. The Morgan fingerprint density at radius 2 is 1.04 bits per heavy atom. The van der Waals surface area contributed by atoms with Crippen LogP contribution in [0.4, 0.5) is 11.4 Å². The Kier molecular flexibility index (Phi) is 5.67. The molecule has 0 radical (unpaired) electrons. The molecule has 3 aromatic carbocycles. The molecule has 27 heavy (non-hydrogen) atoms. The van der Waals surface area contributed by atoms with Crippen molar-refractivity contribution in [3.8, 4) is 0 Å². The maximum Gasteiger partial charge on any atom is 0.163 e. The lowest BCUT2D eigenvalue weighted by Crippen LogP contribution is -2.13. The number of Topliss-reactive ketones (excluding diaryl/α,β-unsaturated/α-hetero) is 2. The summed E-state index contributed by atoms with van der Waals surface area (Å²) in [6, 6.07) is 23.4. The highest BCUT2D eigenvalue weighted by molar-refractivity contribution is 5.99. The molecule has 3 aromatic rings. The van der Waals surface area contributed by atoms with Gasteiger partial charge in [0.2, 0.25) is 0 Å². The number of nitrogen functional groups attached to an aromatic ring is 2. The first-order valence-electron chi connectivity index (χ1n) is 8.85. The summed E-state index contributed by atoms with van der Waals surface area (Å²) in [4.78, 5) is 25.5. The summed E-state index contributed by atoms with van der Waals surface area (Å²) in [5, 5.41) is 0. The second-order valence-electron chi connectivity index (χ2n) is 6.61. The summed E-state index contributed by atoms with van der Waals surface area (Å²) >= 11 is 0. The number of carbonyl (C=O) groups excluding carboxylic acids is 2. The Balaban J connectivity index is 1.81. The third-order valence-corrected chi connectivity index (χ3v) is 4.60. The van der Waals surface area contributed by atoms with Crippen LogP contribution in [0.3, 0.4) is 0 Å². The number of anilines is 2. The molecule has 0 fully saturated rings. The average Bonchev–Trinajstić information content (AvgIpc) is 2.69. The first-order chi connectivity index (χ1) is 13.0. The van der Waals surface area contributed by atoms with Crippen molar-refractivity contribution in [2.24, 2.45) is 0 Å². The van der Waals surface area contributed by atoms with Crippen LogP contribution in [0.2, 0.25) is 0 Å². The van der Waals surface area contributed by atoms with E-state index in [1.54, 1.807) is 48.5 Å². The van der Waals surface area contributed by atoms with Crippen LogP contribution in [0, 0.1) is 0 Å². The summed E-state index contributed by atoms with van der Waals surface area (Å²) < 4.78 is 0. The lowest BCUT2D eigenvalue weighted by atomic mass is 9.86. The Morgan fingerprint density at radius 3 is 1.44 bits per heavy atom. The maximum absolute atomic E-state index is 12.7. The Hall–Kier alpha value is -3.40. The van der Waals surface area contributed by atoms with Crippen molar-refractivity contribution in [3.05, 3.63) is 95.6 Å². The van der Waals surface area contributed by atoms with Gasteiger partial charge in [-0.15, -0.1) is 0 Å². The van der Waals surface area contributed by atoms with Gasteiger partial charge in [0, 0.05) is 35.3 Å². The van der Waals surface area contributed by atoms with Crippen molar-refractivity contribution in [1.82, 2.24) is 0 Å². The molecule has 0 bridgehead atoms. The lowest BCUT2D eigenvalue weighted by molar-refractivity contribution is 0.0944. The highest BCUT2D eigenvalue weighted by atomic mass is 16.1. The van der Waals surface area contributed by atoms with Crippen molar-refractivity contribution in [1.29, 1.82) is 0 Å². The van der Waals surface area contributed by atoms with E-state index in [-0.39, 0.29) is 30.3 Å². The predicted octanol–water partition coefficient (Wildman–Crippen LogP) is 4.48. The van der Waals surface area contributed by atoms with E-state index in [9.17, 15) is 9.59 Å². The molecule has 0 amide bonds. The van der Waals surface area contributed by atoms with Crippen LogP contribution in [0.25, 0.3) is 0 Å². The van der Waals surface area contributed by atoms with Crippen LogP contribution < -0.4 is 11.5 Å². The highest BCUT2D eigenvalue weighted by Gasteiger charge is 2.21. The van der Waals surface area contributed by atoms with Crippen molar-refractivity contribution < 1.29 is 9.59 Å². The molecule has 0 atom stereocenters. The topological polar surface area (TPSA) is 86.2 Å². The van der Waals surface area contributed by atoms with E-state index in [2.05, 4.69) is 0 Å². The van der Waals surface area contributed by atoms with E-state index < -0.39 is 0 Å². The van der Waals surface area contributed by atoms with E-state index in [1.165, 1.54) is 0 Å². The maximum atomic E-state index is 12.7. The van der Waals surface area contributed by atoms with Gasteiger partial charge in [-0.2, -0.15) is 0 Å². The third-order valence-electron chi connectivity index (χ3n) is 4.60. The zero-order valence-corrected chi connectivity index (χ0v) is 15.0. The number of carbonyl (C=O) groups is 2. The van der Waals surface area contributed by atoms with E-state index >= 15 is 0 Å². The highest BCUT2D eigenvalue weighted by Crippen LogP contribution is 2.27. The minimum absolute atomic E-state index is 0.00559. The molecular formula is C23H22N2O2. The zero-order valence-electron chi connectivity index (χ0n) is 15.0. The number of rotatable bonds is 7. The number of hydrogen-bond acceptors (Lipinski definition) is 4. The molecule has 0 saturated carbocycles. The number of benzene rings is 3. The van der Waals surface area contributed by atoms with Crippen molar-refractivity contribution >= 4 is 22.9 Å². The molecule has 0 aliphatic heterocycles. The Morgan fingerprint density at radius 1 is 0.630 bits per heavy atom. The summed E-state index contributed by atoms with van der Waals surface area (Å²) in [5.74, 6) is -0.204. The van der Waals surface area contributed by atoms with Gasteiger partial charge in [0.25, 0.3) is 0 Å². The van der Waals surface area contributed by atoms with Crippen LogP contribution in [0.1, 0.15) is 45.0 Å². The van der Waals surface area contributed by atoms with Gasteiger partial charge in [-0.1, -0.05) is 30.3 Å². The van der Waals surface area contributed by atoms with E-state index in [0.29, 0.717) is 22.5 Å². The Bertz CT molecular complexity index is 857. The predicted molar refractivity (Wildman–Crippen MR) is 109 cm³/mol. The van der Waals surface area contributed by atoms with Gasteiger partial charge in [0.05, 0.1) is 0 Å². The lowest BCUT2D eigenvalue weighted by Gasteiger charge is -2.16. The van der Waals surface area contributed by atoms with Crippen molar-refractivity contribution in [3.63, 3.8) is 0 Å². The SMILES string of the molecule is Nc1ccc(C(=O)CC(CC(=O)c2ccc(N)cc2)c2ccccc2)cc1. The molecule has 3 rings (SSSR count). The van der Waals surface area contributed by atoms with Gasteiger partial charge in [-0.25, -0.2) is 0 Å². The van der Waals surface area contributed by atoms with Gasteiger partial charge in [-0.05, 0) is 60.0 Å². The van der Waals surface area contributed by atoms with Crippen LogP contribution in [0.5, 0.6) is 0 Å². The largest absolute Gasteiger partial charge is 0.399 e. The fourth-order valence-electron chi connectivity index (χ4n) is 3.05. The summed E-state index contributed by atoms with van der Waals surface area (Å²) in [6.07, 6.45) is 0.517. The smallest absolute Gasteiger partial charge is 0.163 e. The zero-order chi connectivity index (χ0) is 19.2. The van der Waals surface area contributed by atoms with Gasteiger partial charge in [0.1, 0.15) is 0 Å². The van der Waals surface area contributed by atoms with Crippen molar-refractivity contribution in [2.45, 2.75) is 18.8 Å². The first kappa shape index (κ1) is 18.4. The molecular weight excluding hydrogens is 336 g/mol. The molecule has 4 heteroatoms. The van der Waals surface area contributed by atoms with Crippen LogP contribution >= 0.6 is 0 Å². The second kappa shape index (κ2) is 8.32. The van der Waals surface area contributed by atoms with E-state index in [0.717, 1.165) is 5.56 Å². The third kappa shape index (κ3) is 4.82. The molecule has 0 aromatic heterocycles. The molecule has 0 spiro atoms. The fraction of sp³-hybridized carbons (Fsp3) is 0.130. The molecule has 4 nitrogen and oxygen atoms in total. The van der Waals surface area contributed by atoms with Gasteiger partial charge in [0.15, 0.2) is 11.6 Å². The first-order valence-corrected chi connectivity index (χ1v) is 8.85. The van der Waals surface area contributed by atoms with E-state index in [4.69, 9.17) is 11.5 Å². The van der Waals surface area contributed by atoms with Gasteiger partial charge < -0.3 is 11.5 Å². The van der Waals surface area contributed by atoms with Crippen LogP contribution in [0.15, 0.2) is 78.9 Å².